The van der Waals surface area contributed by atoms with E-state index < -0.39 is 11.5 Å². The molecule has 0 unspecified atom stereocenters. The van der Waals surface area contributed by atoms with Gasteiger partial charge in [-0.2, -0.15) is 0 Å². The minimum absolute atomic E-state index is 0.108. The largest absolute Gasteiger partial charge is 0.496 e. The third-order valence-corrected chi connectivity index (χ3v) is 2.63. The molecule has 4 nitrogen and oxygen atoms in total. The van der Waals surface area contributed by atoms with Crippen LogP contribution in [0.1, 0.15) is 18.9 Å². The van der Waals surface area contributed by atoms with E-state index >= 15 is 0 Å². The molecule has 5 heteroatoms. The Morgan fingerprint density at radius 3 is 2.76 bits per heavy atom. The highest BCUT2D eigenvalue weighted by Crippen LogP contribution is 2.26. The molecule has 0 heterocycles. The summed E-state index contributed by atoms with van der Waals surface area (Å²) in [7, 11) is 1.55. The van der Waals surface area contributed by atoms with Gasteiger partial charge in [-0.15, -0.1) is 0 Å². The Kier molecular flexibility index (Phi) is 4.37. The topological polar surface area (TPSA) is 72.5 Å². The number of rotatable bonds is 5. The lowest BCUT2D eigenvalue weighted by molar-refractivity contribution is -0.138. The third kappa shape index (κ3) is 4.24. The first-order valence-corrected chi connectivity index (χ1v) is 5.55. The molecule has 0 aliphatic rings. The van der Waals surface area contributed by atoms with Crippen molar-refractivity contribution in [3.05, 3.63) is 28.8 Å². The van der Waals surface area contributed by atoms with Gasteiger partial charge in [0.05, 0.1) is 13.5 Å². The highest BCUT2D eigenvalue weighted by atomic mass is 35.5. The molecule has 0 saturated carbocycles. The minimum Gasteiger partial charge on any atom is -0.496 e. The van der Waals surface area contributed by atoms with Crippen LogP contribution in [0.4, 0.5) is 0 Å². The van der Waals surface area contributed by atoms with Gasteiger partial charge in [0, 0.05) is 10.6 Å². The van der Waals surface area contributed by atoms with E-state index in [1.54, 1.807) is 32.2 Å². The van der Waals surface area contributed by atoms with E-state index in [2.05, 4.69) is 0 Å². The van der Waals surface area contributed by atoms with Crippen molar-refractivity contribution in [3.8, 4) is 5.75 Å². The fourth-order valence-electron chi connectivity index (χ4n) is 1.73. The molecule has 0 radical (unpaired) electrons. The summed E-state index contributed by atoms with van der Waals surface area (Å²) in [6.07, 6.45) is 0.283. The Bertz CT molecular complexity index is 418. The van der Waals surface area contributed by atoms with Gasteiger partial charge in [-0.3, -0.25) is 4.79 Å². The van der Waals surface area contributed by atoms with Crippen LogP contribution in [0, 0.1) is 0 Å². The van der Waals surface area contributed by atoms with E-state index in [0.717, 1.165) is 5.56 Å². The molecule has 1 atom stereocenters. The first kappa shape index (κ1) is 13.8. The molecule has 3 N–H and O–H groups in total. The minimum atomic E-state index is -0.920. The van der Waals surface area contributed by atoms with E-state index in [-0.39, 0.29) is 6.42 Å². The van der Waals surface area contributed by atoms with Crippen LogP contribution in [0.3, 0.4) is 0 Å². The van der Waals surface area contributed by atoms with Crippen molar-refractivity contribution in [1.29, 1.82) is 0 Å². The van der Waals surface area contributed by atoms with Gasteiger partial charge in [0.1, 0.15) is 5.75 Å². The molecule has 0 aliphatic heterocycles. The summed E-state index contributed by atoms with van der Waals surface area (Å²) >= 11 is 5.90. The number of carboxylic acid groups (broad SMARTS) is 1. The molecule has 94 valence electrons. The SMILES string of the molecule is COc1ccc(Cl)cc1C[C@](C)(N)CC(=O)O. The fourth-order valence-corrected chi connectivity index (χ4v) is 1.92. The molecule has 0 aliphatic carbocycles. The maximum absolute atomic E-state index is 10.7. The van der Waals surface area contributed by atoms with Crippen LogP contribution in [-0.4, -0.2) is 23.7 Å². The van der Waals surface area contributed by atoms with Gasteiger partial charge in [-0.05, 0) is 37.1 Å². The number of halogens is 1. The monoisotopic (exact) mass is 257 g/mol. The summed E-state index contributed by atoms with van der Waals surface area (Å²) in [5.74, 6) is -0.257. The molecule has 0 spiro atoms. The third-order valence-electron chi connectivity index (χ3n) is 2.39. The van der Waals surface area contributed by atoms with Crippen LogP contribution in [0.2, 0.25) is 5.02 Å². The Labute approximate surface area is 105 Å². The standard InChI is InChI=1S/C12H16ClNO3/c1-12(14,7-11(15)16)6-8-5-9(13)3-4-10(8)17-2/h3-5H,6-7,14H2,1-2H3,(H,15,16)/t12-/m0/s1. The van der Waals surface area contributed by atoms with Crippen LogP contribution >= 0.6 is 11.6 Å². The van der Waals surface area contributed by atoms with Gasteiger partial charge in [0.2, 0.25) is 0 Å². The Hall–Kier alpha value is -1.26. The Morgan fingerprint density at radius 2 is 2.24 bits per heavy atom. The van der Waals surface area contributed by atoms with E-state index in [1.165, 1.54) is 0 Å². The lowest BCUT2D eigenvalue weighted by atomic mass is 9.90. The van der Waals surface area contributed by atoms with Gasteiger partial charge in [-0.1, -0.05) is 11.6 Å². The van der Waals surface area contributed by atoms with E-state index in [1.807, 2.05) is 0 Å². The zero-order valence-electron chi connectivity index (χ0n) is 9.87. The average molecular weight is 258 g/mol. The molecule has 0 amide bonds. The van der Waals surface area contributed by atoms with Crippen molar-refractivity contribution in [1.82, 2.24) is 0 Å². The number of carbonyl (C=O) groups is 1. The van der Waals surface area contributed by atoms with Crippen molar-refractivity contribution in [2.45, 2.75) is 25.3 Å². The zero-order valence-corrected chi connectivity index (χ0v) is 10.6. The summed E-state index contributed by atoms with van der Waals surface area (Å²) < 4.78 is 5.19. The number of nitrogens with two attached hydrogens (primary N) is 1. The first-order chi connectivity index (χ1) is 7.84. The Morgan fingerprint density at radius 1 is 1.59 bits per heavy atom. The molecule has 1 rings (SSSR count). The van der Waals surface area contributed by atoms with Crippen LogP contribution in [0.15, 0.2) is 18.2 Å². The lowest BCUT2D eigenvalue weighted by Crippen LogP contribution is -2.40. The van der Waals surface area contributed by atoms with Gasteiger partial charge < -0.3 is 15.6 Å². The summed E-state index contributed by atoms with van der Waals surface area (Å²) in [4.78, 5) is 10.7. The van der Waals surface area contributed by atoms with Crippen LogP contribution in [0.5, 0.6) is 5.75 Å². The number of carboxylic acids is 1. The maximum Gasteiger partial charge on any atom is 0.305 e. The predicted octanol–water partition coefficient (Wildman–Crippen LogP) is 2.08. The summed E-state index contributed by atoms with van der Waals surface area (Å²) in [6, 6.07) is 5.21. The number of aliphatic carboxylic acids is 1. The van der Waals surface area contributed by atoms with E-state index in [9.17, 15) is 4.79 Å². The van der Waals surface area contributed by atoms with Gasteiger partial charge >= 0.3 is 5.97 Å². The molecule has 0 fully saturated rings. The molecular formula is C12H16ClNO3. The van der Waals surface area contributed by atoms with Gasteiger partial charge in [0.15, 0.2) is 0 Å². The zero-order chi connectivity index (χ0) is 13.1. The van der Waals surface area contributed by atoms with Gasteiger partial charge in [0.25, 0.3) is 0 Å². The van der Waals surface area contributed by atoms with Crippen LogP contribution in [0.25, 0.3) is 0 Å². The number of benzene rings is 1. The van der Waals surface area contributed by atoms with Crippen molar-refractivity contribution in [3.63, 3.8) is 0 Å². The van der Waals surface area contributed by atoms with E-state index in [4.69, 9.17) is 27.2 Å². The molecular weight excluding hydrogens is 242 g/mol. The normalized spacial score (nSPS) is 14.1. The summed E-state index contributed by atoms with van der Waals surface area (Å²) in [6.45, 7) is 1.70. The molecule has 17 heavy (non-hydrogen) atoms. The predicted molar refractivity (Wildman–Crippen MR) is 66.6 cm³/mol. The highest BCUT2D eigenvalue weighted by Gasteiger charge is 2.24. The molecule has 1 aromatic carbocycles. The van der Waals surface area contributed by atoms with Crippen molar-refractivity contribution < 1.29 is 14.6 Å². The lowest BCUT2D eigenvalue weighted by Gasteiger charge is -2.23. The first-order valence-electron chi connectivity index (χ1n) is 5.17. The van der Waals surface area contributed by atoms with Crippen LogP contribution in [-0.2, 0) is 11.2 Å². The van der Waals surface area contributed by atoms with Crippen molar-refractivity contribution in [2.24, 2.45) is 5.73 Å². The number of hydrogen-bond acceptors (Lipinski definition) is 3. The van der Waals surface area contributed by atoms with E-state index in [0.29, 0.717) is 17.2 Å². The molecule has 0 aromatic heterocycles. The summed E-state index contributed by atoms with van der Waals surface area (Å²) in [5.41, 5.74) is 5.93. The van der Waals surface area contributed by atoms with Crippen molar-refractivity contribution >= 4 is 17.6 Å². The highest BCUT2D eigenvalue weighted by molar-refractivity contribution is 6.30. The number of methoxy groups -OCH3 is 1. The average Bonchev–Trinajstić information content (AvgIpc) is 2.14. The Balaban J connectivity index is 2.93. The molecule has 1 aromatic rings. The second-order valence-electron chi connectivity index (χ2n) is 4.36. The fraction of sp³-hybridized carbons (Fsp3) is 0.417. The number of ether oxygens (including phenoxy) is 1. The van der Waals surface area contributed by atoms with Crippen LogP contribution < -0.4 is 10.5 Å². The molecule has 0 saturated heterocycles. The van der Waals surface area contributed by atoms with Crippen molar-refractivity contribution in [2.75, 3.05) is 7.11 Å². The summed E-state index contributed by atoms with van der Waals surface area (Å²) in [5, 5.41) is 9.35. The second-order valence-corrected chi connectivity index (χ2v) is 4.79. The maximum atomic E-state index is 10.7. The molecule has 0 bridgehead atoms. The quantitative estimate of drug-likeness (QED) is 0.847. The van der Waals surface area contributed by atoms with Gasteiger partial charge in [-0.25, -0.2) is 0 Å². The number of hydrogen-bond donors (Lipinski definition) is 2. The smallest absolute Gasteiger partial charge is 0.305 e. The second kappa shape index (κ2) is 5.38.